The van der Waals surface area contributed by atoms with E-state index in [-0.39, 0.29) is 18.0 Å². The lowest BCUT2D eigenvalue weighted by molar-refractivity contribution is -0.142. The average molecular weight is 377 g/mol. The molecular weight excluding hydrogens is 359 g/mol. The van der Waals surface area contributed by atoms with Crippen LogP contribution in [0.25, 0.3) is 0 Å². The lowest BCUT2D eigenvalue weighted by atomic mass is 10.1. The van der Waals surface area contributed by atoms with Gasteiger partial charge in [0.05, 0.1) is 17.2 Å². The molecule has 1 unspecified atom stereocenters. The lowest BCUT2D eigenvalue weighted by Gasteiger charge is -2.12. The zero-order valence-electron chi connectivity index (χ0n) is 13.4. The van der Waals surface area contributed by atoms with Gasteiger partial charge in [0, 0.05) is 31.1 Å². The van der Waals surface area contributed by atoms with Gasteiger partial charge in [0.1, 0.15) is 6.54 Å². The zero-order valence-corrected chi connectivity index (χ0v) is 14.2. The van der Waals surface area contributed by atoms with E-state index in [4.69, 9.17) is 0 Å². The van der Waals surface area contributed by atoms with Gasteiger partial charge in [-0.1, -0.05) is 12.1 Å². The Balaban J connectivity index is 1.85. The normalized spacial score (nSPS) is 13.8. The van der Waals surface area contributed by atoms with Crippen LogP contribution >= 0.6 is 0 Å². The lowest BCUT2D eigenvalue weighted by Crippen LogP contribution is -2.21. The second kappa shape index (κ2) is 7.54. The highest BCUT2D eigenvalue weighted by Crippen LogP contribution is 2.18. The molecule has 0 spiro atoms. The van der Waals surface area contributed by atoms with Crippen molar-refractivity contribution in [2.45, 2.75) is 30.3 Å². The van der Waals surface area contributed by atoms with Crippen molar-refractivity contribution < 1.29 is 26.7 Å². The van der Waals surface area contributed by atoms with Gasteiger partial charge in [0.2, 0.25) is 0 Å². The highest BCUT2D eigenvalue weighted by molar-refractivity contribution is 7.90. The third kappa shape index (κ3) is 6.15. The van der Waals surface area contributed by atoms with Crippen molar-refractivity contribution in [2.75, 3.05) is 12.8 Å². The molecule has 1 heterocycles. The first-order chi connectivity index (χ1) is 11.5. The predicted octanol–water partition coefficient (Wildman–Crippen LogP) is 1.67. The summed E-state index contributed by atoms with van der Waals surface area (Å²) in [5.41, 5.74) is 1.09. The van der Waals surface area contributed by atoms with Crippen LogP contribution in [0.1, 0.15) is 17.2 Å². The highest BCUT2D eigenvalue weighted by Gasteiger charge is 2.28. The van der Waals surface area contributed by atoms with Gasteiger partial charge in [0.25, 0.3) is 0 Å². The zero-order chi connectivity index (χ0) is 18.7. The van der Waals surface area contributed by atoms with Gasteiger partial charge in [-0.05, 0) is 17.7 Å². The second-order valence-corrected chi connectivity index (χ2v) is 7.66. The Kier molecular flexibility index (Phi) is 5.86. The highest BCUT2D eigenvalue weighted by atomic mass is 32.2. The van der Waals surface area contributed by atoms with E-state index in [1.165, 1.54) is 36.7 Å². The van der Waals surface area contributed by atoms with Gasteiger partial charge in [-0.3, -0.25) is 4.68 Å². The largest absolute Gasteiger partial charge is 0.408 e. The van der Waals surface area contributed by atoms with E-state index in [0.29, 0.717) is 11.1 Å². The van der Waals surface area contributed by atoms with Gasteiger partial charge in [-0.15, -0.1) is 0 Å². The van der Waals surface area contributed by atoms with E-state index in [1.807, 2.05) is 0 Å². The molecule has 6 nitrogen and oxygen atoms in total. The fraction of sp³-hybridized carbons (Fsp3) is 0.400. The minimum atomic E-state index is -4.33. The quantitative estimate of drug-likeness (QED) is 0.767. The Morgan fingerprint density at radius 1 is 1.28 bits per heavy atom. The summed E-state index contributed by atoms with van der Waals surface area (Å²) < 4.78 is 60.3. The summed E-state index contributed by atoms with van der Waals surface area (Å²) >= 11 is 0. The maximum atomic E-state index is 12.3. The van der Waals surface area contributed by atoms with E-state index < -0.39 is 28.7 Å². The number of sulfone groups is 1. The Bertz CT molecular complexity index is 801. The number of nitrogens with one attached hydrogen (secondary N) is 1. The van der Waals surface area contributed by atoms with Crippen LogP contribution in [0.2, 0.25) is 0 Å². The molecule has 0 amide bonds. The van der Waals surface area contributed by atoms with Crippen LogP contribution in [0.3, 0.4) is 0 Å². The molecule has 0 aliphatic heterocycles. The molecular formula is C15H18F3N3O3S. The fourth-order valence-electron chi connectivity index (χ4n) is 2.18. The molecule has 1 atom stereocenters. The summed E-state index contributed by atoms with van der Waals surface area (Å²) in [6.07, 6.45) is -1.50. The molecule has 2 N–H and O–H groups in total. The predicted molar refractivity (Wildman–Crippen MR) is 84.5 cm³/mol. The molecule has 138 valence electrons. The molecule has 25 heavy (non-hydrogen) atoms. The van der Waals surface area contributed by atoms with E-state index in [0.717, 1.165) is 10.9 Å². The van der Waals surface area contributed by atoms with Gasteiger partial charge in [-0.25, -0.2) is 8.42 Å². The number of hydrogen-bond acceptors (Lipinski definition) is 5. The van der Waals surface area contributed by atoms with Crippen molar-refractivity contribution in [3.63, 3.8) is 0 Å². The summed E-state index contributed by atoms with van der Waals surface area (Å²) in [6.45, 7) is -0.749. The summed E-state index contributed by atoms with van der Waals surface area (Å²) in [5.74, 6) is 0. The third-order valence-corrected chi connectivity index (χ3v) is 4.52. The maximum absolute atomic E-state index is 12.3. The van der Waals surface area contributed by atoms with E-state index in [9.17, 15) is 26.7 Å². The smallest absolute Gasteiger partial charge is 0.387 e. The molecule has 1 aromatic heterocycles. The van der Waals surface area contributed by atoms with Crippen molar-refractivity contribution in [3.05, 3.63) is 47.8 Å². The second-order valence-electron chi connectivity index (χ2n) is 5.65. The molecule has 0 aliphatic carbocycles. The number of nitrogens with zero attached hydrogens (tertiary/aromatic N) is 2. The van der Waals surface area contributed by atoms with Gasteiger partial charge >= 0.3 is 6.18 Å². The van der Waals surface area contributed by atoms with Crippen LogP contribution in [0.4, 0.5) is 13.2 Å². The summed E-state index contributed by atoms with van der Waals surface area (Å²) in [6, 6.07) is 5.86. The minimum absolute atomic E-state index is 0.155. The minimum Gasteiger partial charge on any atom is -0.387 e. The van der Waals surface area contributed by atoms with Crippen molar-refractivity contribution in [1.29, 1.82) is 0 Å². The summed E-state index contributed by atoms with van der Waals surface area (Å²) in [5, 5.41) is 16.6. The molecule has 0 saturated heterocycles. The molecule has 0 saturated carbocycles. The first kappa shape index (κ1) is 19.4. The molecule has 0 radical (unpaired) electrons. The van der Waals surface area contributed by atoms with Crippen LogP contribution in [-0.4, -0.2) is 42.3 Å². The number of hydrogen-bond donors (Lipinski definition) is 2. The van der Waals surface area contributed by atoms with E-state index in [1.54, 1.807) is 0 Å². The number of aliphatic hydroxyl groups is 1. The topological polar surface area (TPSA) is 84.2 Å². The standard InChI is InChI=1S/C15H18F3N3O3S/c1-25(23,24)13-4-2-12(3-5-13)14(22)8-19-6-11-7-20-21(9-11)10-15(16,17)18/h2-5,7,9,14,19,22H,6,8,10H2,1H3. The first-order valence-corrected chi connectivity index (χ1v) is 9.20. The van der Waals surface area contributed by atoms with Crippen LogP contribution < -0.4 is 5.32 Å². The SMILES string of the molecule is CS(=O)(=O)c1ccc(C(O)CNCc2cnn(CC(F)(F)F)c2)cc1. The Hall–Kier alpha value is -1.91. The Morgan fingerprint density at radius 2 is 1.92 bits per heavy atom. The van der Waals surface area contributed by atoms with Crippen LogP contribution in [-0.2, 0) is 22.9 Å². The van der Waals surface area contributed by atoms with Gasteiger partial charge < -0.3 is 10.4 Å². The molecule has 0 fully saturated rings. The van der Waals surface area contributed by atoms with Gasteiger partial charge in [0.15, 0.2) is 9.84 Å². The molecule has 0 bridgehead atoms. The van der Waals surface area contributed by atoms with Crippen LogP contribution in [0, 0.1) is 0 Å². The van der Waals surface area contributed by atoms with E-state index >= 15 is 0 Å². The first-order valence-electron chi connectivity index (χ1n) is 7.31. The van der Waals surface area contributed by atoms with Crippen molar-refractivity contribution in [2.24, 2.45) is 0 Å². The number of aromatic nitrogens is 2. The van der Waals surface area contributed by atoms with Crippen LogP contribution in [0.5, 0.6) is 0 Å². The van der Waals surface area contributed by atoms with Crippen molar-refractivity contribution in [1.82, 2.24) is 15.1 Å². The average Bonchev–Trinajstić information content (AvgIpc) is 2.91. The van der Waals surface area contributed by atoms with E-state index in [2.05, 4.69) is 10.4 Å². The summed E-state index contributed by atoms with van der Waals surface area (Å²) in [7, 11) is -3.30. The Labute approximate surface area is 143 Å². The fourth-order valence-corrected chi connectivity index (χ4v) is 2.81. The summed E-state index contributed by atoms with van der Waals surface area (Å²) in [4.78, 5) is 0.161. The number of benzene rings is 1. The van der Waals surface area contributed by atoms with Crippen LogP contribution in [0.15, 0.2) is 41.6 Å². The molecule has 0 aliphatic rings. The molecule has 1 aromatic carbocycles. The number of halogens is 3. The molecule has 2 rings (SSSR count). The number of rotatable bonds is 7. The third-order valence-electron chi connectivity index (χ3n) is 3.39. The number of alkyl halides is 3. The maximum Gasteiger partial charge on any atom is 0.408 e. The van der Waals surface area contributed by atoms with Gasteiger partial charge in [-0.2, -0.15) is 18.3 Å². The molecule has 2 aromatic rings. The Morgan fingerprint density at radius 3 is 2.48 bits per heavy atom. The number of aliphatic hydroxyl groups excluding tert-OH is 1. The van der Waals surface area contributed by atoms with Crippen molar-refractivity contribution in [3.8, 4) is 0 Å². The van der Waals surface area contributed by atoms with Crippen molar-refractivity contribution >= 4 is 9.84 Å². The molecule has 10 heteroatoms. The monoisotopic (exact) mass is 377 g/mol.